The number of benzene rings is 2. The third-order valence-electron chi connectivity index (χ3n) is 4.14. The number of para-hydroxylation sites is 1. The molecule has 0 saturated carbocycles. The minimum absolute atomic E-state index is 0.277. The van der Waals surface area contributed by atoms with Crippen LogP contribution in [0.3, 0.4) is 0 Å². The van der Waals surface area contributed by atoms with Crippen molar-refractivity contribution in [2.24, 2.45) is 0 Å². The largest absolute Gasteiger partial charge is 0.454 e. The summed E-state index contributed by atoms with van der Waals surface area (Å²) in [6.07, 6.45) is 0. The first kappa shape index (κ1) is 14.3. The predicted molar refractivity (Wildman–Crippen MR) is 101 cm³/mol. The van der Waals surface area contributed by atoms with Gasteiger partial charge < -0.3 is 14.8 Å². The molecule has 0 amide bonds. The van der Waals surface area contributed by atoms with Crippen molar-refractivity contribution in [3.05, 3.63) is 66.0 Å². The van der Waals surface area contributed by atoms with Gasteiger partial charge in [-0.25, -0.2) is 4.98 Å². The van der Waals surface area contributed by atoms with E-state index >= 15 is 0 Å². The molecule has 0 unspecified atom stereocenters. The molecular formula is C20H14N2O2S. The molecule has 2 aromatic carbocycles. The van der Waals surface area contributed by atoms with E-state index in [0.717, 1.165) is 44.3 Å². The summed E-state index contributed by atoms with van der Waals surface area (Å²) in [4.78, 5) is 5.96. The van der Waals surface area contributed by atoms with E-state index in [-0.39, 0.29) is 6.79 Å². The lowest BCUT2D eigenvalue weighted by Crippen LogP contribution is -1.95. The minimum Gasteiger partial charge on any atom is -0.454 e. The summed E-state index contributed by atoms with van der Waals surface area (Å²) in [5.74, 6) is 1.55. The summed E-state index contributed by atoms with van der Waals surface area (Å²) in [7, 11) is 0. The molecule has 1 aliphatic rings. The van der Waals surface area contributed by atoms with Gasteiger partial charge in [0.05, 0.1) is 21.8 Å². The predicted octanol–water partition coefficient (Wildman–Crippen LogP) is 5.44. The normalized spacial score (nSPS) is 12.5. The molecule has 0 fully saturated rings. The molecule has 0 radical (unpaired) electrons. The second-order valence-corrected chi connectivity index (χ2v) is 6.69. The molecule has 25 heavy (non-hydrogen) atoms. The number of nitrogens with zero attached hydrogens (tertiary/aromatic N) is 1. The minimum atomic E-state index is 0.277. The fourth-order valence-corrected chi connectivity index (χ4v) is 3.65. The first-order valence-electron chi connectivity index (χ1n) is 7.97. The van der Waals surface area contributed by atoms with Crippen molar-refractivity contribution in [3.63, 3.8) is 0 Å². The Bertz CT molecular complexity index is 1060. The smallest absolute Gasteiger partial charge is 0.231 e. The second kappa shape index (κ2) is 5.79. The summed E-state index contributed by atoms with van der Waals surface area (Å²) in [5, 5.41) is 6.66. The quantitative estimate of drug-likeness (QED) is 0.537. The number of thiophene rings is 1. The number of nitrogens with one attached hydrogen (secondary N) is 1. The summed E-state index contributed by atoms with van der Waals surface area (Å²) in [6, 6.07) is 20.3. The molecule has 5 rings (SSSR count). The van der Waals surface area contributed by atoms with Gasteiger partial charge in [0, 0.05) is 17.1 Å². The molecular weight excluding hydrogens is 332 g/mol. The molecule has 1 aliphatic heterocycles. The van der Waals surface area contributed by atoms with Gasteiger partial charge in [0.1, 0.15) is 0 Å². The first-order chi connectivity index (χ1) is 12.4. The highest BCUT2D eigenvalue weighted by Crippen LogP contribution is 2.37. The zero-order valence-corrected chi connectivity index (χ0v) is 14.0. The Balaban J connectivity index is 1.62. The average molecular weight is 346 g/mol. The summed E-state index contributed by atoms with van der Waals surface area (Å²) in [5.41, 5.74) is 3.92. The van der Waals surface area contributed by atoms with Crippen LogP contribution in [-0.2, 0) is 0 Å². The van der Waals surface area contributed by atoms with Gasteiger partial charge >= 0.3 is 0 Å². The maximum absolute atomic E-state index is 5.47. The Hall–Kier alpha value is -3.05. The van der Waals surface area contributed by atoms with Crippen LogP contribution in [0.15, 0.2) is 66.0 Å². The topological polar surface area (TPSA) is 43.4 Å². The highest BCUT2D eigenvalue weighted by Gasteiger charge is 2.14. The van der Waals surface area contributed by atoms with Crippen molar-refractivity contribution in [1.82, 2.24) is 4.98 Å². The SMILES string of the molecule is c1csc(-c2cc(Nc3ccc4c(c3)OCO4)c3ccccc3n2)c1. The molecule has 5 heteroatoms. The van der Waals surface area contributed by atoms with E-state index in [9.17, 15) is 0 Å². The van der Waals surface area contributed by atoms with E-state index < -0.39 is 0 Å². The third kappa shape index (κ3) is 2.58. The fourth-order valence-electron chi connectivity index (χ4n) is 2.96. The Morgan fingerprint density at radius 2 is 1.84 bits per heavy atom. The molecule has 2 aromatic heterocycles. The lowest BCUT2D eigenvalue weighted by atomic mass is 10.1. The van der Waals surface area contributed by atoms with Crippen molar-refractivity contribution < 1.29 is 9.47 Å². The zero-order valence-electron chi connectivity index (χ0n) is 13.2. The fraction of sp³-hybridized carbons (Fsp3) is 0.0500. The molecule has 0 spiro atoms. The van der Waals surface area contributed by atoms with Crippen molar-refractivity contribution in [3.8, 4) is 22.1 Å². The molecule has 4 aromatic rings. The van der Waals surface area contributed by atoms with Gasteiger partial charge in [-0.05, 0) is 35.7 Å². The Kier molecular flexibility index (Phi) is 3.31. The summed E-state index contributed by atoms with van der Waals surface area (Å²) in [6.45, 7) is 0.277. The Morgan fingerprint density at radius 1 is 0.920 bits per heavy atom. The number of aromatic nitrogens is 1. The van der Waals surface area contributed by atoms with E-state index in [4.69, 9.17) is 14.5 Å². The van der Waals surface area contributed by atoms with Crippen LogP contribution in [0.2, 0.25) is 0 Å². The van der Waals surface area contributed by atoms with Gasteiger partial charge in [0.15, 0.2) is 11.5 Å². The molecule has 0 bridgehead atoms. The number of anilines is 2. The standard InChI is InChI=1S/C20H14N2O2S/c1-2-5-15-14(4-1)16(11-17(22-15)20-6-3-9-25-20)21-13-7-8-18-19(10-13)24-12-23-18/h1-11H,12H2,(H,21,22). The van der Waals surface area contributed by atoms with Crippen LogP contribution in [0, 0.1) is 0 Å². The van der Waals surface area contributed by atoms with Crippen LogP contribution in [-0.4, -0.2) is 11.8 Å². The van der Waals surface area contributed by atoms with Gasteiger partial charge in [0.25, 0.3) is 0 Å². The summed E-state index contributed by atoms with van der Waals surface area (Å²) < 4.78 is 10.9. The number of fused-ring (bicyclic) bond motifs is 2. The zero-order chi connectivity index (χ0) is 16.6. The van der Waals surface area contributed by atoms with Crippen molar-refractivity contribution in [2.75, 3.05) is 12.1 Å². The van der Waals surface area contributed by atoms with Crippen LogP contribution >= 0.6 is 11.3 Å². The van der Waals surface area contributed by atoms with Gasteiger partial charge in [-0.2, -0.15) is 0 Å². The summed E-state index contributed by atoms with van der Waals surface area (Å²) >= 11 is 1.69. The van der Waals surface area contributed by atoms with E-state index in [2.05, 4.69) is 28.9 Å². The van der Waals surface area contributed by atoms with E-state index in [1.165, 1.54) is 0 Å². The number of ether oxygens (including phenoxy) is 2. The maximum atomic E-state index is 5.47. The molecule has 0 saturated heterocycles. The number of pyridine rings is 1. The van der Waals surface area contributed by atoms with Gasteiger partial charge in [-0.1, -0.05) is 24.3 Å². The second-order valence-electron chi connectivity index (χ2n) is 5.74. The van der Waals surface area contributed by atoms with E-state index in [0.29, 0.717) is 0 Å². The van der Waals surface area contributed by atoms with Crippen molar-refractivity contribution in [1.29, 1.82) is 0 Å². The van der Waals surface area contributed by atoms with Crippen LogP contribution in [0.5, 0.6) is 11.5 Å². The maximum Gasteiger partial charge on any atom is 0.231 e. The average Bonchev–Trinajstić information content (AvgIpc) is 3.33. The van der Waals surface area contributed by atoms with Crippen LogP contribution in [0.25, 0.3) is 21.5 Å². The lowest BCUT2D eigenvalue weighted by Gasteiger charge is -2.12. The molecule has 0 aliphatic carbocycles. The Morgan fingerprint density at radius 3 is 2.76 bits per heavy atom. The lowest BCUT2D eigenvalue weighted by molar-refractivity contribution is 0.174. The third-order valence-corrected chi connectivity index (χ3v) is 5.03. The number of hydrogen-bond acceptors (Lipinski definition) is 5. The molecule has 0 atom stereocenters. The van der Waals surface area contributed by atoms with Gasteiger partial charge in [-0.3, -0.25) is 0 Å². The molecule has 1 N–H and O–H groups in total. The monoisotopic (exact) mass is 346 g/mol. The number of rotatable bonds is 3. The van der Waals surface area contributed by atoms with E-state index in [1.54, 1.807) is 11.3 Å². The van der Waals surface area contributed by atoms with Gasteiger partial charge in [0.2, 0.25) is 6.79 Å². The molecule has 122 valence electrons. The van der Waals surface area contributed by atoms with Crippen molar-refractivity contribution in [2.45, 2.75) is 0 Å². The van der Waals surface area contributed by atoms with Gasteiger partial charge in [-0.15, -0.1) is 11.3 Å². The molecule has 4 nitrogen and oxygen atoms in total. The van der Waals surface area contributed by atoms with Crippen LogP contribution in [0.4, 0.5) is 11.4 Å². The Labute approximate surface area is 148 Å². The first-order valence-corrected chi connectivity index (χ1v) is 8.85. The van der Waals surface area contributed by atoms with Crippen LogP contribution < -0.4 is 14.8 Å². The van der Waals surface area contributed by atoms with Crippen LogP contribution in [0.1, 0.15) is 0 Å². The van der Waals surface area contributed by atoms with Crippen molar-refractivity contribution >= 4 is 33.6 Å². The van der Waals surface area contributed by atoms with E-state index in [1.807, 2.05) is 42.5 Å². The number of hydrogen-bond donors (Lipinski definition) is 1. The highest BCUT2D eigenvalue weighted by atomic mass is 32.1. The molecule has 3 heterocycles. The highest BCUT2D eigenvalue weighted by molar-refractivity contribution is 7.13.